The highest BCUT2D eigenvalue weighted by Crippen LogP contribution is 2.42. The number of unbranched alkanes of at least 4 members (excludes halogenated alkanes) is 3. The Balaban J connectivity index is 3.67. The van der Waals surface area contributed by atoms with Crippen molar-refractivity contribution in [2.45, 2.75) is 39.0 Å². The van der Waals surface area contributed by atoms with E-state index in [9.17, 15) is 14.3 Å². The highest BCUT2D eigenvalue weighted by Gasteiger charge is 2.19. The molecule has 0 aromatic heterocycles. The van der Waals surface area contributed by atoms with Crippen LogP contribution in [0.15, 0.2) is 0 Å². The molecule has 15 heavy (non-hydrogen) atoms. The van der Waals surface area contributed by atoms with E-state index in [1.807, 2.05) is 0 Å². The molecule has 0 aromatic carbocycles. The summed E-state index contributed by atoms with van der Waals surface area (Å²) in [4.78, 5) is 20.3. The van der Waals surface area contributed by atoms with Crippen molar-refractivity contribution in [2.75, 3.05) is 19.4 Å². The lowest BCUT2D eigenvalue weighted by molar-refractivity contribution is -0.140. The quantitative estimate of drug-likeness (QED) is 0.399. The molecular formula is C10H21O4P. The topological polar surface area (TPSA) is 63.6 Å². The number of hydrogen-bond acceptors (Lipinski definition) is 3. The Morgan fingerprint density at radius 2 is 1.93 bits per heavy atom. The van der Waals surface area contributed by atoms with Crippen molar-refractivity contribution < 1.29 is 19.0 Å². The first kappa shape index (κ1) is 14.7. The summed E-state index contributed by atoms with van der Waals surface area (Å²) < 4.78 is 16.0. The third-order valence-electron chi connectivity index (χ3n) is 2.25. The van der Waals surface area contributed by atoms with Gasteiger partial charge in [0.1, 0.15) is 0 Å². The first-order chi connectivity index (χ1) is 7.02. The Morgan fingerprint density at radius 1 is 1.27 bits per heavy atom. The number of esters is 1. The summed E-state index contributed by atoms with van der Waals surface area (Å²) in [6, 6.07) is 0. The van der Waals surface area contributed by atoms with Crippen molar-refractivity contribution in [1.29, 1.82) is 0 Å². The lowest BCUT2D eigenvalue weighted by atomic mass is 10.2. The molecule has 0 aliphatic rings. The van der Waals surface area contributed by atoms with Gasteiger partial charge < -0.3 is 9.63 Å². The molecule has 0 aliphatic carbocycles. The van der Waals surface area contributed by atoms with E-state index in [-0.39, 0.29) is 12.6 Å². The molecule has 90 valence electrons. The van der Waals surface area contributed by atoms with Gasteiger partial charge in [0.15, 0.2) is 0 Å². The smallest absolute Gasteiger partial charge is 0.306 e. The van der Waals surface area contributed by atoms with Gasteiger partial charge in [0.2, 0.25) is 7.37 Å². The molecule has 1 N–H and O–H groups in total. The van der Waals surface area contributed by atoms with Crippen molar-refractivity contribution in [3.8, 4) is 0 Å². The molecule has 0 saturated carbocycles. The number of ether oxygens (including phenoxy) is 1. The van der Waals surface area contributed by atoms with Gasteiger partial charge in [0.05, 0.1) is 13.5 Å². The van der Waals surface area contributed by atoms with Crippen LogP contribution in [0.1, 0.15) is 39.0 Å². The minimum atomic E-state index is -3.10. The van der Waals surface area contributed by atoms with Crippen LogP contribution >= 0.6 is 7.37 Å². The molecule has 0 saturated heterocycles. The van der Waals surface area contributed by atoms with E-state index in [1.165, 1.54) is 7.11 Å². The predicted octanol–water partition coefficient (Wildman–Crippen LogP) is 2.40. The van der Waals surface area contributed by atoms with Gasteiger partial charge in [0.25, 0.3) is 0 Å². The van der Waals surface area contributed by atoms with E-state index >= 15 is 0 Å². The van der Waals surface area contributed by atoms with Gasteiger partial charge >= 0.3 is 5.97 Å². The third kappa shape index (κ3) is 8.64. The zero-order chi connectivity index (χ0) is 11.7. The minimum Gasteiger partial charge on any atom is -0.469 e. The molecule has 0 amide bonds. The fourth-order valence-electron chi connectivity index (χ4n) is 1.27. The van der Waals surface area contributed by atoms with Crippen LogP contribution in [0.3, 0.4) is 0 Å². The molecule has 1 unspecified atom stereocenters. The van der Waals surface area contributed by atoms with Gasteiger partial charge in [-0.05, 0) is 6.42 Å². The maximum atomic E-state index is 11.5. The molecule has 1 atom stereocenters. The number of rotatable bonds is 8. The van der Waals surface area contributed by atoms with Crippen LogP contribution in [0.25, 0.3) is 0 Å². The van der Waals surface area contributed by atoms with Gasteiger partial charge in [-0.1, -0.05) is 26.2 Å². The van der Waals surface area contributed by atoms with Gasteiger partial charge in [-0.25, -0.2) is 0 Å². The first-order valence-corrected chi connectivity index (χ1v) is 7.42. The van der Waals surface area contributed by atoms with Crippen LogP contribution in [0, 0.1) is 0 Å². The molecule has 0 rings (SSSR count). The van der Waals surface area contributed by atoms with E-state index in [4.69, 9.17) is 0 Å². The van der Waals surface area contributed by atoms with Crippen LogP contribution < -0.4 is 0 Å². The van der Waals surface area contributed by atoms with E-state index in [0.717, 1.165) is 25.7 Å². The molecule has 0 spiro atoms. The monoisotopic (exact) mass is 236 g/mol. The number of carbonyl (C=O) groups is 1. The maximum absolute atomic E-state index is 11.5. The summed E-state index contributed by atoms with van der Waals surface area (Å²) in [5.41, 5.74) is 0. The lowest BCUT2D eigenvalue weighted by Gasteiger charge is -2.10. The van der Waals surface area contributed by atoms with E-state index in [2.05, 4.69) is 11.7 Å². The normalized spacial score (nSPS) is 14.6. The second-order valence-corrected chi connectivity index (χ2v) is 6.27. The summed E-state index contributed by atoms with van der Waals surface area (Å²) in [5, 5.41) is 0. The molecule has 0 fully saturated rings. The zero-order valence-corrected chi connectivity index (χ0v) is 10.5. The number of methoxy groups -OCH3 is 1. The molecule has 0 radical (unpaired) electrons. The molecule has 0 heterocycles. The van der Waals surface area contributed by atoms with E-state index < -0.39 is 13.3 Å². The predicted molar refractivity (Wildman–Crippen MR) is 60.3 cm³/mol. The van der Waals surface area contributed by atoms with Crippen LogP contribution in [0.4, 0.5) is 0 Å². The molecular weight excluding hydrogens is 215 g/mol. The second kappa shape index (κ2) is 7.89. The average Bonchev–Trinajstić information content (AvgIpc) is 2.21. The van der Waals surface area contributed by atoms with Crippen molar-refractivity contribution in [3.05, 3.63) is 0 Å². The van der Waals surface area contributed by atoms with Crippen LogP contribution in [0.5, 0.6) is 0 Å². The molecule has 0 aromatic rings. The van der Waals surface area contributed by atoms with Crippen molar-refractivity contribution >= 4 is 13.3 Å². The highest BCUT2D eigenvalue weighted by atomic mass is 31.2. The van der Waals surface area contributed by atoms with Gasteiger partial charge in [-0.3, -0.25) is 9.36 Å². The average molecular weight is 236 g/mol. The highest BCUT2D eigenvalue weighted by molar-refractivity contribution is 7.58. The van der Waals surface area contributed by atoms with Crippen LogP contribution in [-0.4, -0.2) is 30.3 Å². The van der Waals surface area contributed by atoms with Crippen molar-refractivity contribution in [2.24, 2.45) is 0 Å². The van der Waals surface area contributed by atoms with Gasteiger partial charge in [-0.15, -0.1) is 0 Å². The summed E-state index contributed by atoms with van der Waals surface area (Å²) in [5.74, 6) is -0.419. The largest absolute Gasteiger partial charge is 0.469 e. The second-order valence-electron chi connectivity index (χ2n) is 3.68. The molecule has 4 nitrogen and oxygen atoms in total. The minimum absolute atomic E-state index is 0.0397. The molecule has 0 aliphatic heterocycles. The van der Waals surface area contributed by atoms with Crippen molar-refractivity contribution in [3.63, 3.8) is 0 Å². The number of carbonyl (C=O) groups excluding carboxylic acids is 1. The summed E-state index contributed by atoms with van der Waals surface area (Å²) >= 11 is 0. The Bertz CT molecular complexity index is 227. The Morgan fingerprint density at radius 3 is 2.47 bits per heavy atom. The lowest BCUT2D eigenvalue weighted by Crippen LogP contribution is -2.05. The Hall–Kier alpha value is -0.340. The maximum Gasteiger partial charge on any atom is 0.306 e. The zero-order valence-electron chi connectivity index (χ0n) is 9.57. The van der Waals surface area contributed by atoms with Gasteiger partial charge in [-0.2, -0.15) is 0 Å². The molecule has 0 bridgehead atoms. The van der Waals surface area contributed by atoms with E-state index in [1.54, 1.807) is 0 Å². The summed E-state index contributed by atoms with van der Waals surface area (Å²) in [7, 11) is -1.82. The van der Waals surface area contributed by atoms with Crippen LogP contribution in [0.2, 0.25) is 0 Å². The number of hydrogen-bond donors (Lipinski definition) is 1. The van der Waals surface area contributed by atoms with Crippen LogP contribution in [-0.2, 0) is 14.1 Å². The Labute approximate surface area is 91.5 Å². The third-order valence-corrected chi connectivity index (χ3v) is 4.19. The van der Waals surface area contributed by atoms with E-state index in [0.29, 0.717) is 6.16 Å². The Kier molecular flexibility index (Phi) is 7.71. The first-order valence-electron chi connectivity index (χ1n) is 5.39. The fourth-order valence-corrected chi connectivity index (χ4v) is 2.74. The molecule has 5 heteroatoms. The standard InChI is InChI=1S/C10H21O4P/c1-3-4-5-6-8-15(12,13)9-7-10(11)14-2/h3-9H2,1-2H3,(H,12,13). The summed E-state index contributed by atoms with van der Waals surface area (Å²) in [6.45, 7) is 2.09. The SMILES string of the molecule is CCCCCCP(=O)(O)CCC(=O)OC. The summed E-state index contributed by atoms with van der Waals surface area (Å²) in [6.07, 6.45) is 4.37. The van der Waals surface area contributed by atoms with Gasteiger partial charge in [0, 0.05) is 12.3 Å². The fraction of sp³-hybridized carbons (Fsp3) is 0.900. The van der Waals surface area contributed by atoms with Crippen molar-refractivity contribution in [1.82, 2.24) is 0 Å².